The molecule has 2 aromatic heterocycles. The predicted octanol–water partition coefficient (Wildman–Crippen LogP) is 3.45. The fraction of sp³-hybridized carbons (Fsp3) is 0.619. The molecule has 1 fully saturated rings. The number of aromatic nitrogens is 3. The molecule has 8 heteroatoms. The van der Waals surface area contributed by atoms with Crippen LogP contribution in [0.15, 0.2) is 17.8 Å². The van der Waals surface area contributed by atoms with Gasteiger partial charge in [-0.15, -0.1) is 11.3 Å². The topological polar surface area (TPSA) is 88.9 Å². The van der Waals surface area contributed by atoms with Gasteiger partial charge in [-0.2, -0.15) is 0 Å². The number of aryl methyl sites for hydroxylation is 2. The molecular formula is C21H29N5O2S. The normalized spacial score (nSPS) is 20.7. The molecular weight excluding hydrogens is 386 g/mol. The maximum atomic E-state index is 12.9. The highest BCUT2D eigenvalue weighted by Gasteiger charge is 2.37. The fourth-order valence-electron chi connectivity index (χ4n) is 4.83. The second-order valence-corrected chi connectivity index (χ2v) is 9.45. The molecule has 0 aromatic carbocycles. The van der Waals surface area contributed by atoms with Gasteiger partial charge in [-0.05, 0) is 31.6 Å². The first-order valence-corrected chi connectivity index (χ1v) is 11.4. The predicted molar refractivity (Wildman–Crippen MR) is 113 cm³/mol. The molecule has 1 aliphatic carbocycles. The van der Waals surface area contributed by atoms with Crippen molar-refractivity contribution in [3.05, 3.63) is 29.3 Å². The third-order valence-electron chi connectivity index (χ3n) is 6.14. The van der Waals surface area contributed by atoms with E-state index in [4.69, 9.17) is 0 Å². The van der Waals surface area contributed by atoms with Crippen LogP contribution in [0.25, 0.3) is 0 Å². The lowest BCUT2D eigenvalue weighted by Gasteiger charge is -2.37. The molecule has 3 heterocycles. The summed E-state index contributed by atoms with van der Waals surface area (Å²) >= 11 is 1.42. The van der Waals surface area contributed by atoms with Crippen molar-refractivity contribution in [1.82, 2.24) is 19.9 Å². The Bertz CT molecular complexity index is 855. The first kappa shape index (κ1) is 20.1. The van der Waals surface area contributed by atoms with Crippen LogP contribution in [0, 0.1) is 12.3 Å². The Hall–Kier alpha value is -2.22. The molecule has 1 saturated carbocycles. The fourth-order valence-corrected chi connectivity index (χ4v) is 5.38. The van der Waals surface area contributed by atoms with Crippen LogP contribution in [-0.4, -0.2) is 32.4 Å². The molecule has 2 aromatic rings. The van der Waals surface area contributed by atoms with E-state index in [2.05, 4.69) is 31.4 Å². The van der Waals surface area contributed by atoms with Gasteiger partial charge in [0, 0.05) is 49.6 Å². The molecule has 4 rings (SSSR count). The second kappa shape index (κ2) is 8.65. The highest BCUT2D eigenvalue weighted by molar-refractivity contribution is 7.13. The van der Waals surface area contributed by atoms with Gasteiger partial charge in [0.25, 0.3) is 0 Å². The molecule has 0 bridgehead atoms. The minimum atomic E-state index is -0.241. The summed E-state index contributed by atoms with van der Waals surface area (Å²) in [5, 5.41) is 8.59. The summed E-state index contributed by atoms with van der Waals surface area (Å²) in [6.45, 7) is 2.78. The van der Waals surface area contributed by atoms with Crippen molar-refractivity contribution in [2.45, 2.75) is 77.3 Å². The van der Waals surface area contributed by atoms with Gasteiger partial charge in [-0.25, -0.2) is 9.97 Å². The molecule has 2 amide bonds. The van der Waals surface area contributed by atoms with E-state index in [-0.39, 0.29) is 23.3 Å². The zero-order valence-corrected chi connectivity index (χ0v) is 17.8. The summed E-state index contributed by atoms with van der Waals surface area (Å²) in [7, 11) is 0. The number of carbonyl (C=O) groups excluding carboxylic acids is 2. The number of hydrogen-bond donors (Lipinski definition) is 2. The lowest BCUT2D eigenvalue weighted by atomic mass is 9.69. The molecule has 156 valence electrons. The van der Waals surface area contributed by atoms with Crippen molar-refractivity contribution in [2.75, 3.05) is 5.32 Å². The maximum absolute atomic E-state index is 12.9. The lowest BCUT2D eigenvalue weighted by Crippen LogP contribution is -2.43. The van der Waals surface area contributed by atoms with Crippen LogP contribution < -0.4 is 10.6 Å². The number of fused-ring (bicyclic) bond motifs is 1. The Morgan fingerprint density at radius 1 is 1.24 bits per heavy atom. The molecule has 7 nitrogen and oxygen atoms in total. The second-order valence-electron chi connectivity index (χ2n) is 8.55. The summed E-state index contributed by atoms with van der Waals surface area (Å²) in [6, 6.07) is 0.133. The number of nitrogens with zero attached hydrogens (tertiary/aromatic N) is 3. The standard InChI is InChI=1S/C21H29N5O2S/c1-15-13-26-14-16(5-6-17(26)23-15)24-18(27)11-21(7-3-2-4-8-21)12-19(28)25-20-22-9-10-29-20/h9-10,13,16H,2-8,11-12,14H2,1H3,(H,24,27)(H,22,25,28). The van der Waals surface area contributed by atoms with Gasteiger partial charge >= 0.3 is 0 Å². The minimum Gasteiger partial charge on any atom is -0.352 e. The van der Waals surface area contributed by atoms with Crippen LogP contribution in [0.2, 0.25) is 0 Å². The van der Waals surface area contributed by atoms with Crippen LogP contribution in [0.1, 0.15) is 62.9 Å². The van der Waals surface area contributed by atoms with Crippen molar-refractivity contribution >= 4 is 28.3 Å². The van der Waals surface area contributed by atoms with Gasteiger partial charge in [0.2, 0.25) is 11.8 Å². The average Bonchev–Trinajstić information content (AvgIpc) is 3.30. The quantitative estimate of drug-likeness (QED) is 0.756. The smallest absolute Gasteiger partial charge is 0.226 e. The first-order chi connectivity index (χ1) is 14.0. The third kappa shape index (κ3) is 5.04. The Morgan fingerprint density at radius 3 is 2.79 bits per heavy atom. The molecule has 1 unspecified atom stereocenters. The SMILES string of the molecule is Cc1cn2c(n1)CCC(NC(=O)CC1(CC(=O)Nc3nccs3)CCCCC1)C2. The summed E-state index contributed by atoms with van der Waals surface area (Å²) in [6.07, 6.45) is 11.6. The summed E-state index contributed by atoms with van der Waals surface area (Å²) in [4.78, 5) is 34.2. The van der Waals surface area contributed by atoms with E-state index < -0.39 is 0 Å². The lowest BCUT2D eigenvalue weighted by molar-refractivity contribution is -0.126. The van der Waals surface area contributed by atoms with Crippen LogP contribution in [0.5, 0.6) is 0 Å². The largest absolute Gasteiger partial charge is 0.352 e. The van der Waals surface area contributed by atoms with E-state index >= 15 is 0 Å². The van der Waals surface area contributed by atoms with E-state index in [1.54, 1.807) is 6.20 Å². The monoisotopic (exact) mass is 415 g/mol. The summed E-state index contributed by atoms with van der Waals surface area (Å²) < 4.78 is 2.15. The molecule has 29 heavy (non-hydrogen) atoms. The minimum absolute atomic E-state index is 0.0363. The van der Waals surface area contributed by atoms with Crippen molar-refractivity contribution in [3.8, 4) is 0 Å². The van der Waals surface area contributed by atoms with Gasteiger partial charge in [-0.3, -0.25) is 9.59 Å². The Labute approximate surface area is 175 Å². The van der Waals surface area contributed by atoms with E-state index in [0.29, 0.717) is 18.0 Å². The van der Waals surface area contributed by atoms with E-state index in [9.17, 15) is 9.59 Å². The average molecular weight is 416 g/mol. The Kier molecular flexibility index (Phi) is 5.99. The Balaban J connectivity index is 1.36. The number of amides is 2. The van der Waals surface area contributed by atoms with Gasteiger partial charge in [0.05, 0.1) is 5.69 Å². The van der Waals surface area contributed by atoms with Gasteiger partial charge in [0.1, 0.15) is 5.82 Å². The zero-order valence-electron chi connectivity index (χ0n) is 16.9. The highest BCUT2D eigenvalue weighted by atomic mass is 32.1. The molecule has 2 N–H and O–H groups in total. The molecule has 0 saturated heterocycles. The van der Waals surface area contributed by atoms with Crippen LogP contribution in [-0.2, 0) is 22.6 Å². The van der Waals surface area contributed by atoms with Crippen molar-refractivity contribution in [1.29, 1.82) is 0 Å². The van der Waals surface area contributed by atoms with Crippen molar-refractivity contribution in [2.24, 2.45) is 5.41 Å². The maximum Gasteiger partial charge on any atom is 0.226 e. The van der Waals surface area contributed by atoms with E-state index in [0.717, 1.165) is 56.6 Å². The number of imidazole rings is 1. The molecule has 1 atom stereocenters. The first-order valence-electron chi connectivity index (χ1n) is 10.5. The van der Waals surface area contributed by atoms with Gasteiger partial charge < -0.3 is 15.2 Å². The number of rotatable bonds is 6. The molecule has 1 aliphatic heterocycles. The molecule has 2 aliphatic rings. The van der Waals surface area contributed by atoms with Crippen LogP contribution >= 0.6 is 11.3 Å². The van der Waals surface area contributed by atoms with E-state index in [1.807, 2.05) is 12.3 Å². The summed E-state index contributed by atoms with van der Waals surface area (Å²) in [5.41, 5.74) is 0.786. The molecule has 0 spiro atoms. The highest BCUT2D eigenvalue weighted by Crippen LogP contribution is 2.42. The van der Waals surface area contributed by atoms with Crippen molar-refractivity contribution in [3.63, 3.8) is 0 Å². The van der Waals surface area contributed by atoms with Crippen LogP contribution in [0.4, 0.5) is 5.13 Å². The zero-order chi connectivity index (χ0) is 20.3. The number of nitrogens with one attached hydrogen (secondary N) is 2. The van der Waals surface area contributed by atoms with Gasteiger partial charge in [0.15, 0.2) is 5.13 Å². The van der Waals surface area contributed by atoms with Crippen molar-refractivity contribution < 1.29 is 9.59 Å². The number of thiazole rings is 1. The number of carbonyl (C=O) groups is 2. The number of hydrogen-bond acceptors (Lipinski definition) is 5. The van der Waals surface area contributed by atoms with Gasteiger partial charge in [-0.1, -0.05) is 19.3 Å². The van der Waals surface area contributed by atoms with Crippen LogP contribution in [0.3, 0.4) is 0 Å². The number of anilines is 1. The molecule has 0 radical (unpaired) electrons. The summed E-state index contributed by atoms with van der Waals surface area (Å²) in [5.74, 6) is 1.14. The third-order valence-corrected chi connectivity index (χ3v) is 6.83. The Morgan fingerprint density at radius 2 is 2.03 bits per heavy atom. The van der Waals surface area contributed by atoms with E-state index in [1.165, 1.54) is 17.8 Å².